The number of carbonyl (C=O) groups excluding carboxylic acids is 1. The lowest BCUT2D eigenvalue weighted by molar-refractivity contribution is -0.112. The van der Waals surface area contributed by atoms with Crippen LogP contribution in [0.4, 0.5) is 0 Å². The van der Waals surface area contributed by atoms with Crippen molar-refractivity contribution in [1.29, 1.82) is 0 Å². The maximum Gasteiger partial charge on any atom is 0.251 e. The third-order valence-corrected chi connectivity index (χ3v) is 6.06. The summed E-state index contributed by atoms with van der Waals surface area (Å²) in [5.41, 5.74) is -0.752. The van der Waals surface area contributed by atoms with Gasteiger partial charge in [0.1, 0.15) is 16.0 Å². The largest absolute Gasteiger partial charge is 0.301 e. The van der Waals surface area contributed by atoms with E-state index in [1.165, 1.54) is 19.1 Å². The molecule has 1 N–H and O–H groups in total. The molecule has 0 bridgehead atoms. The van der Waals surface area contributed by atoms with Gasteiger partial charge in [-0.05, 0) is 24.6 Å². The Kier molecular flexibility index (Phi) is 4.29. The lowest BCUT2D eigenvalue weighted by Crippen LogP contribution is -2.44. The van der Waals surface area contributed by atoms with Gasteiger partial charge in [-0.3, -0.25) is 0 Å². The number of benzene rings is 1. The number of halogens is 1. The first-order chi connectivity index (χ1) is 9.37. The molecule has 0 saturated carbocycles. The zero-order valence-corrected chi connectivity index (χ0v) is 12.9. The van der Waals surface area contributed by atoms with Gasteiger partial charge >= 0.3 is 0 Å². The van der Waals surface area contributed by atoms with Crippen LogP contribution in [0.2, 0.25) is 4.34 Å². The van der Waals surface area contributed by atoms with Gasteiger partial charge in [-0.25, -0.2) is 8.42 Å². The molecule has 7 heteroatoms. The Labute approximate surface area is 126 Å². The summed E-state index contributed by atoms with van der Waals surface area (Å²) in [4.78, 5) is 11.4. The minimum absolute atomic E-state index is 0.0755. The summed E-state index contributed by atoms with van der Waals surface area (Å²) >= 11 is 6.69. The Morgan fingerprint density at radius 1 is 1.20 bits per heavy atom. The van der Waals surface area contributed by atoms with Gasteiger partial charge in [0.25, 0.3) is 10.0 Å². The average Bonchev–Trinajstić information content (AvgIpc) is 2.87. The van der Waals surface area contributed by atoms with E-state index in [0.717, 1.165) is 11.3 Å². The van der Waals surface area contributed by atoms with E-state index in [0.29, 0.717) is 16.2 Å². The predicted molar refractivity (Wildman–Crippen MR) is 79.5 cm³/mol. The molecule has 1 aromatic heterocycles. The topological polar surface area (TPSA) is 63.2 Å². The second-order valence-electron chi connectivity index (χ2n) is 4.35. The summed E-state index contributed by atoms with van der Waals surface area (Å²) in [6, 6.07) is 11.6. The number of carbonyl (C=O) groups is 1. The summed E-state index contributed by atoms with van der Waals surface area (Å²) in [6.45, 7) is 1.52. The van der Waals surface area contributed by atoms with E-state index < -0.39 is 15.6 Å². The zero-order valence-electron chi connectivity index (χ0n) is 10.5. The Bertz CT molecular complexity index is 712. The van der Waals surface area contributed by atoms with Crippen LogP contribution in [0.5, 0.6) is 0 Å². The molecule has 1 atom stereocenters. The highest BCUT2D eigenvalue weighted by Gasteiger charge is 2.32. The quantitative estimate of drug-likeness (QED) is 0.858. The molecule has 0 aliphatic carbocycles. The van der Waals surface area contributed by atoms with Crippen molar-refractivity contribution < 1.29 is 13.2 Å². The smallest absolute Gasteiger partial charge is 0.251 e. The number of sulfonamides is 1. The molecule has 1 aromatic carbocycles. The first-order valence-electron chi connectivity index (χ1n) is 5.68. The minimum Gasteiger partial charge on any atom is -0.301 e. The number of rotatable bonds is 5. The first-order valence-corrected chi connectivity index (χ1v) is 8.36. The maximum absolute atomic E-state index is 12.3. The lowest BCUT2D eigenvalue weighted by Gasteiger charge is -2.24. The fourth-order valence-electron chi connectivity index (χ4n) is 1.71. The van der Waals surface area contributed by atoms with Crippen LogP contribution < -0.4 is 4.72 Å². The second kappa shape index (κ2) is 5.65. The van der Waals surface area contributed by atoms with Crippen LogP contribution in [0, 0.1) is 0 Å². The van der Waals surface area contributed by atoms with Gasteiger partial charge in [0.2, 0.25) is 0 Å². The molecule has 2 aromatic rings. The van der Waals surface area contributed by atoms with Crippen molar-refractivity contribution in [3.05, 3.63) is 52.4 Å². The van der Waals surface area contributed by atoms with Crippen molar-refractivity contribution in [3.63, 3.8) is 0 Å². The van der Waals surface area contributed by atoms with Crippen molar-refractivity contribution in [3.8, 4) is 0 Å². The fourth-order valence-corrected chi connectivity index (χ4v) is 4.53. The third-order valence-electron chi connectivity index (χ3n) is 2.77. The van der Waals surface area contributed by atoms with Gasteiger partial charge in [0.15, 0.2) is 0 Å². The van der Waals surface area contributed by atoms with Crippen molar-refractivity contribution >= 4 is 39.2 Å². The van der Waals surface area contributed by atoms with E-state index in [2.05, 4.69) is 4.72 Å². The molecule has 0 saturated heterocycles. The lowest BCUT2D eigenvalue weighted by atomic mass is 9.95. The molecule has 0 radical (unpaired) electrons. The van der Waals surface area contributed by atoms with E-state index in [1.807, 2.05) is 0 Å². The number of hydrogen-bond donors (Lipinski definition) is 1. The van der Waals surface area contributed by atoms with Crippen LogP contribution in [0.15, 0.2) is 46.7 Å². The van der Waals surface area contributed by atoms with Crippen molar-refractivity contribution in [2.45, 2.75) is 16.7 Å². The van der Waals surface area contributed by atoms with Gasteiger partial charge in [-0.1, -0.05) is 41.9 Å². The van der Waals surface area contributed by atoms with Crippen molar-refractivity contribution in [2.24, 2.45) is 0 Å². The Morgan fingerprint density at radius 2 is 1.85 bits per heavy atom. The minimum atomic E-state index is -3.80. The summed E-state index contributed by atoms with van der Waals surface area (Å²) in [7, 11) is -3.80. The summed E-state index contributed by atoms with van der Waals surface area (Å²) < 4.78 is 27.4. The third kappa shape index (κ3) is 3.09. The predicted octanol–water partition coefficient (Wildman–Crippen LogP) is 2.79. The Balaban J connectivity index is 2.38. The molecule has 20 heavy (non-hydrogen) atoms. The molecule has 4 nitrogen and oxygen atoms in total. The number of nitrogens with one attached hydrogen (secondary N) is 1. The molecule has 0 fully saturated rings. The Morgan fingerprint density at radius 3 is 2.35 bits per heavy atom. The van der Waals surface area contributed by atoms with Gasteiger partial charge in [0.05, 0.1) is 4.34 Å². The zero-order chi connectivity index (χ0) is 14.8. The highest BCUT2D eigenvalue weighted by Crippen LogP contribution is 2.28. The van der Waals surface area contributed by atoms with Gasteiger partial charge in [0, 0.05) is 0 Å². The van der Waals surface area contributed by atoms with Crippen molar-refractivity contribution in [1.82, 2.24) is 4.72 Å². The standard InChI is InChI=1S/C13H12ClNO3S2/c1-13(9-16,10-5-3-2-4-6-10)15-20(17,18)12-8-7-11(14)19-12/h2-9,15H,1H3. The average molecular weight is 330 g/mol. The van der Waals surface area contributed by atoms with Crippen LogP contribution >= 0.6 is 22.9 Å². The van der Waals surface area contributed by atoms with Crippen LogP contribution in [-0.2, 0) is 20.4 Å². The molecule has 0 aliphatic rings. The molecule has 106 valence electrons. The number of hydrogen-bond acceptors (Lipinski definition) is 4. The van der Waals surface area contributed by atoms with E-state index in [4.69, 9.17) is 11.6 Å². The van der Waals surface area contributed by atoms with Gasteiger partial charge in [-0.15, -0.1) is 11.3 Å². The number of thiophene rings is 1. The van der Waals surface area contributed by atoms with E-state index in [1.54, 1.807) is 30.3 Å². The van der Waals surface area contributed by atoms with E-state index in [-0.39, 0.29) is 4.21 Å². The summed E-state index contributed by atoms with van der Waals surface area (Å²) in [5.74, 6) is 0. The van der Waals surface area contributed by atoms with Crippen LogP contribution in [0.3, 0.4) is 0 Å². The molecular formula is C13H12ClNO3S2. The molecule has 2 rings (SSSR count). The summed E-state index contributed by atoms with van der Waals surface area (Å²) in [6.07, 6.45) is 0.578. The van der Waals surface area contributed by atoms with Crippen LogP contribution in [0.1, 0.15) is 12.5 Å². The van der Waals surface area contributed by atoms with Gasteiger partial charge in [-0.2, -0.15) is 4.72 Å². The summed E-state index contributed by atoms with van der Waals surface area (Å²) in [5, 5.41) is 0. The van der Waals surface area contributed by atoms with E-state index in [9.17, 15) is 13.2 Å². The molecule has 0 spiro atoms. The SMILES string of the molecule is CC(C=O)(NS(=O)(=O)c1ccc(Cl)s1)c1ccccc1. The Hall–Kier alpha value is -1.21. The maximum atomic E-state index is 12.3. The van der Waals surface area contributed by atoms with Gasteiger partial charge < -0.3 is 4.79 Å². The monoisotopic (exact) mass is 329 g/mol. The highest BCUT2D eigenvalue weighted by molar-refractivity contribution is 7.91. The molecule has 0 aliphatic heterocycles. The molecule has 1 unspecified atom stereocenters. The highest BCUT2D eigenvalue weighted by atomic mass is 35.5. The molecule has 1 heterocycles. The molecular weight excluding hydrogens is 318 g/mol. The first kappa shape index (κ1) is 15.2. The van der Waals surface area contributed by atoms with Crippen LogP contribution in [-0.4, -0.2) is 14.7 Å². The molecule has 0 amide bonds. The van der Waals surface area contributed by atoms with E-state index >= 15 is 0 Å². The second-order valence-corrected chi connectivity index (χ2v) is 7.97. The van der Waals surface area contributed by atoms with Crippen LogP contribution in [0.25, 0.3) is 0 Å². The van der Waals surface area contributed by atoms with Crippen molar-refractivity contribution in [2.75, 3.05) is 0 Å². The fraction of sp³-hybridized carbons (Fsp3) is 0.154. The number of aldehydes is 1. The normalized spacial score (nSPS) is 14.7.